The first-order valence-corrected chi connectivity index (χ1v) is 7.70. The normalized spacial score (nSPS) is 22.7. The van der Waals surface area contributed by atoms with Crippen molar-refractivity contribution in [2.45, 2.75) is 24.9 Å². The standard InChI is InChI=1S/C16H20N4O/c1-2-4-15-12(3-1)9-18-19-16(15)20-7-8-21-11-14(20)10-17-13-5-6-13/h1-4,9,13-14,17H,5-8,10-11H2. The molecule has 0 spiro atoms. The van der Waals surface area contributed by atoms with Gasteiger partial charge in [-0.25, -0.2) is 0 Å². The largest absolute Gasteiger partial charge is 0.377 e. The molecule has 0 bridgehead atoms. The van der Waals surface area contributed by atoms with Gasteiger partial charge in [0.05, 0.1) is 25.5 Å². The summed E-state index contributed by atoms with van der Waals surface area (Å²) in [5, 5.41) is 14.5. The number of rotatable bonds is 4. The van der Waals surface area contributed by atoms with E-state index in [0.717, 1.165) is 37.5 Å². The van der Waals surface area contributed by atoms with E-state index in [9.17, 15) is 0 Å². The fourth-order valence-corrected chi connectivity index (χ4v) is 2.92. The van der Waals surface area contributed by atoms with Crippen molar-refractivity contribution in [2.24, 2.45) is 0 Å². The quantitative estimate of drug-likeness (QED) is 0.924. The topological polar surface area (TPSA) is 50.3 Å². The molecule has 2 heterocycles. The van der Waals surface area contributed by atoms with Crippen LogP contribution < -0.4 is 10.2 Å². The molecule has 1 saturated heterocycles. The molecule has 1 aliphatic heterocycles. The maximum Gasteiger partial charge on any atom is 0.159 e. The molecule has 2 aromatic rings. The van der Waals surface area contributed by atoms with Crippen LogP contribution in [0.25, 0.3) is 10.8 Å². The Kier molecular flexibility index (Phi) is 3.45. The van der Waals surface area contributed by atoms with Gasteiger partial charge in [0.25, 0.3) is 0 Å². The summed E-state index contributed by atoms with van der Waals surface area (Å²) < 4.78 is 5.67. The Hall–Kier alpha value is -1.72. The summed E-state index contributed by atoms with van der Waals surface area (Å²) >= 11 is 0. The lowest BCUT2D eigenvalue weighted by Crippen LogP contribution is -2.51. The molecule has 0 amide bonds. The molecule has 0 radical (unpaired) electrons. The third-order valence-corrected chi connectivity index (χ3v) is 4.27. The van der Waals surface area contributed by atoms with Crippen LogP contribution in [0, 0.1) is 0 Å². The van der Waals surface area contributed by atoms with Crippen LogP contribution >= 0.6 is 0 Å². The number of aromatic nitrogens is 2. The van der Waals surface area contributed by atoms with E-state index in [-0.39, 0.29) is 0 Å². The minimum absolute atomic E-state index is 0.333. The molecule has 21 heavy (non-hydrogen) atoms. The van der Waals surface area contributed by atoms with Crippen molar-refractivity contribution in [1.29, 1.82) is 0 Å². The highest BCUT2D eigenvalue weighted by atomic mass is 16.5. The van der Waals surface area contributed by atoms with Crippen LogP contribution in [0.1, 0.15) is 12.8 Å². The zero-order valence-electron chi connectivity index (χ0n) is 12.0. The number of fused-ring (bicyclic) bond motifs is 1. The van der Waals surface area contributed by atoms with Crippen LogP contribution in [0.3, 0.4) is 0 Å². The molecule has 1 atom stereocenters. The number of nitrogens with zero attached hydrogens (tertiary/aromatic N) is 3. The summed E-state index contributed by atoms with van der Waals surface area (Å²) in [5.74, 6) is 0.985. The number of hydrogen-bond donors (Lipinski definition) is 1. The van der Waals surface area contributed by atoms with Gasteiger partial charge < -0.3 is 15.0 Å². The third-order valence-electron chi connectivity index (χ3n) is 4.27. The summed E-state index contributed by atoms with van der Waals surface area (Å²) in [6.45, 7) is 3.34. The highest BCUT2D eigenvalue weighted by Crippen LogP contribution is 2.26. The Labute approximate surface area is 124 Å². The number of hydrogen-bond acceptors (Lipinski definition) is 5. The average molecular weight is 284 g/mol. The fourth-order valence-electron chi connectivity index (χ4n) is 2.92. The van der Waals surface area contributed by atoms with Crippen LogP contribution in [-0.2, 0) is 4.74 Å². The summed E-state index contributed by atoms with van der Waals surface area (Å²) in [4.78, 5) is 2.36. The van der Waals surface area contributed by atoms with Crippen LogP contribution in [-0.4, -0.2) is 48.6 Å². The predicted molar refractivity (Wildman–Crippen MR) is 82.5 cm³/mol. The Morgan fingerprint density at radius 3 is 3.10 bits per heavy atom. The lowest BCUT2D eigenvalue weighted by Gasteiger charge is -2.36. The first-order chi connectivity index (χ1) is 10.4. The second-order valence-corrected chi connectivity index (χ2v) is 5.86. The van der Waals surface area contributed by atoms with Crippen LogP contribution in [0.5, 0.6) is 0 Å². The van der Waals surface area contributed by atoms with Gasteiger partial charge in [-0.3, -0.25) is 0 Å². The maximum atomic E-state index is 5.67. The smallest absolute Gasteiger partial charge is 0.159 e. The highest BCUT2D eigenvalue weighted by Gasteiger charge is 2.28. The number of nitrogens with one attached hydrogen (secondary N) is 1. The van der Waals surface area contributed by atoms with Crippen LogP contribution in [0.2, 0.25) is 0 Å². The van der Waals surface area contributed by atoms with Crippen molar-refractivity contribution >= 4 is 16.6 Å². The Balaban J connectivity index is 1.63. The van der Waals surface area contributed by atoms with E-state index in [1.165, 1.54) is 18.2 Å². The van der Waals surface area contributed by atoms with Gasteiger partial charge in [-0.05, 0) is 12.8 Å². The molecule has 2 aliphatic rings. The van der Waals surface area contributed by atoms with Gasteiger partial charge in [0.1, 0.15) is 0 Å². The molecular weight excluding hydrogens is 264 g/mol. The first-order valence-electron chi connectivity index (χ1n) is 7.70. The molecule has 1 aromatic carbocycles. The molecule has 2 fully saturated rings. The fraction of sp³-hybridized carbons (Fsp3) is 0.500. The van der Waals surface area contributed by atoms with Gasteiger partial charge in [0.2, 0.25) is 0 Å². The van der Waals surface area contributed by atoms with Crippen molar-refractivity contribution in [3.8, 4) is 0 Å². The van der Waals surface area contributed by atoms with E-state index >= 15 is 0 Å². The Morgan fingerprint density at radius 2 is 2.19 bits per heavy atom. The molecule has 1 N–H and O–H groups in total. The van der Waals surface area contributed by atoms with E-state index in [4.69, 9.17) is 4.74 Å². The first kappa shape index (κ1) is 13.0. The molecular formula is C16H20N4O. The molecule has 5 heteroatoms. The van der Waals surface area contributed by atoms with Gasteiger partial charge >= 0.3 is 0 Å². The summed E-state index contributed by atoms with van der Waals surface area (Å²) in [6, 6.07) is 9.36. The lowest BCUT2D eigenvalue weighted by molar-refractivity contribution is 0.0933. The molecule has 4 rings (SSSR count). The maximum absolute atomic E-state index is 5.67. The van der Waals surface area contributed by atoms with Gasteiger partial charge in [-0.2, -0.15) is 5.10 Å². The predicted octanol–water partition coefficient (Wildman–Crippen LogP) is 1.59. The van der Waals surface area contributed by atoms with E-state index in [0.29, 0.717) is 12.1 Å². The zero-order valence-corrected chi connectivity index (χ0v) is 12.0. The van der Waals surface area contributed by atoms with Crippen molar-refractivity contribution in [1.82, 2.24) is 15.5 Å². The molecule has 1 aromatic heterocycles. The number of benzene rings is 1. The highest BCUT2D eigenvalue weighted by molar-refractivity contribution is 5.91. The van der Waals surface area contributed by atoms with E-state index in [1.807, 2.05) is 12.3 Å². The molecule has 110 valence electrons. The SMILES string of the molecule is c1ccc2c(N3CCOCC3CNC3CC3)nncc2c1. The molecule has 1 saturated carbocycles. The Bertz CT molecular complexity index is 623. The number of anilines is 1. The Morgan fingerprint density at radius 1 is 1.29 bits per heavy atom. The van der Waals surface area contributed by atoms with Gasteiger partial charge in [-0.15, -0.1) is 5.10 Å². The number of morpholine rings is 1. The molecule has 1 unspecified atom stereocenters. The monoisotopic (exact) mass is 284 g/mol. The summed E-state index contributed by atoms with van der Waals surface area (Å²) in [6.07, 6.45) is 4.44. The minimum Gasteiger partial charge on any atom is -0.377 e. The second-order valence-electron chi connectivity index (χ2n) is 5.86. The van der Waals surface area contributed by atoms with Gasteiger partial charge in [0, 0.05) is 29.9 Å². The van der Waals surface area contributed by atoms with Crippen LogP contribution in [0.4, 0.5) is 5.82 Å². The van der Waals surface area contributed by atoms with Gasteiger partial charge in [0.15, 0.2) is 5.82 Å². The average Bonchev–Trinajstić information content (AvgIpc) is 3.37. The minimum atomic E-state index is 0.333. The van der Waals surface area contributed by atoms with Crippen molar-refractivity contribution in [3.63, 3.8) is 0 Å². The van der Waals surface area contributed by atoms with Gasteiger partial charge in [-0.1, -0.05) is 24.3 Å². The van der Waals surface area contributed by atoms with E-state index < -0.39 is 0 Å². The van der Waals surface area contributed by atoms with E-state index in [1.54, 1.807) is 0 Å². The van der Waals surface area contributed by atoms with Crippen LogP contribution in [0.15, 0.2) is 30.5 Å². The zero-order chi connectivity index (χ0) is 14.1. The summed E-state index contributed by atoms with van der Waals surface area (Å²) in [5.41, 5.74) is 0. The van der Waals surface area contributed by atoms with E-state index in [2.05, 4.69) is 38.6 Å². The second kappa shape index (κ2) is 5.58. The molecule has 1 aliphatic carbocycles. The molecule has 5 nitrogen and oxygen atoms in total. The number of ether oxygens (including phenoxy) is 1. The van der Waals surface area contributed by atoms with Crippen molar-refractivity contribution in [2.75, 3.05) is 31.2 Å². The summed E-state index contributed by atoms with van der Waals surface area (Å²) in [7, 11) is 0. The lowest BCUT2D eigenvalue weighted by atomic mass is 10.1. The van der Waals surface area contributed by atoms with Crippen molar-refractivity contribution < 1.29 is 4.74 Å². The van der Waals surface area contributed by atoms with Crippen molar-refractivity contribution in [3.05, 3.63) is 30.5 Å². The third kappa shape index (κ3) is 2.71.